The van der Waals surface area contributed by atoms with E-state index >= 15 is 0 Å². The van der Waals surface area contributed by atoms with Gasteiger partial charge in [-0.2, -0.15) is 8.42 Å². The fourth-order valence-electron chi connectivity index (χ4n) is 0.904. The van der Waals surface area contributed by atoms with Gasteiger partial charge in [0.25, 0.3) is 0 Å². The molecule has 1 rings (SSSR count). The summed E-state index contributed by atoms with van der Waals surface area (Å²) in [4.78, 5) is 11.1. The molecule has 1 aromatic rings. The van der Waals surface area contributed by atoms with Crippen LogP contribution >= 0.6 is 22.3 Å². The van der Waals surface area contributed by atoms with Gasteiger partial charge in [-0.25, -0.2) is 9.52 Å². The molecule has 0 spiro atoms. The molecule has 1 aromatic carbocycles. The lowest BCUT2D eigenvalue weighted by molar-refractivity contribution is 0.206. The number of carbonyl (C=O) groups is 1. The van der Waals surface area contributed by atoms with Gasteiger partial charge in [0, 0.05) is 15.7 Å². The summed E-state index contributed by atoms with van der Waals surface area (Å²) in [6, 6.07) is 4.62. The average molecular weight is 284 g/mol. The number of rotatable bonds is 2. The van der Waals surface area contributed by atoms with E-state index in [4.69, 9.17) is 27.0 Å². The van der Waals surface area contributed by atoms with Crippen LogP contribution in [0.15, 0.2) is 18.2 Å². The van der Waals surface area contributed by atoms with Crippen molar-refractivity contribution in [2.75, 3.05) is 0 Å². The van der Waals surface area contributed by atoms with E-state index in [1.54, 1.807) is 19.1 Å². The Morgan fingerprint density at radius 2 is 2.06 bits per heavy atom. The number of aryl methyl sites for hydroxylation is 1. The number of benzene rings is 1. The van der Waals surface area contributed by atoms with Gasteiger partial charge < -0.3 is 4.74 Å². The van der Waals surface area contributed by atoms with Crippen LogP contribution < -0.4 is 9.46 Å². The quantitative estimate of drug-likeness (QED) is 0.845. The molecule has 0 bridgehead atoms. The fourth-order valence-corrected chi connectivity index (χ4v) is 1.50. The summed E-state index contributed by atoms with van der Waals surface area (Å²) in [5.74, 6) is 0.158. The van der Waals surface area contributed by atoms with Crippen LogP contribution in [0.3, 0.4) is 0 Å². The lowest BCUT2D eigenvalue weighted by Gasteiger charge is -2.07. The van der Waals surface area contributed by atoms with Crippen molar-refractivity contribution in [3.8, 4) is 5.75 Å². The molecular formula is C8H7Cl2NO4S. The third-order valence-corrected chi connectivity index (χ3v) is 2.44. The zero-order valence-corrected chi connectivity index (χ0v) is 10.4. The second-order valence-corrected chi connectivity index (χ2v) is 5.57. The molecule has 0 heterocycles. The van der Waals surface area contributed by atoms with Crippen molar-refractivity contribution in [1.82, 2.24) is 4.72 Å². The molecule has 0 atom stereocenters. The molecule has 0 unspecified atom stereocenters. The average Bonchev–Trinajstić information content (AvgIpc) is 2.08. The predicted molar refractivity (Wildman–Crippen MR) is 60.1 cm³/mol. The van der Waals surface area contributed by atoms with Gasteiger partial charge in [0.1, 0.15) is 5.75 Å². The zero-order valence-electron chi connectivity index (χ0n) is 8.03. The van der Waals surface area contributed by atoms with Gasteiger partial charge in [-0.1, -0.05) is 17.7 Å². The predicted octanol–water partition coefficient (Wildman–Crippen LogP) is 2.22. The topological polar surface area (TPSA) is 72.5 Å². The monoisotopic (exact) mass is 283 g/mol. The number of hydrogen-bond acceptors (Lipinski definition) is 4. The van der Waals surface area contributed by atoms with Crippen LogP contribution in [-0.4, -0.2) is 14.5 Å². The Morgan fingerprint density at radius 3 is 2.62 bits per heavy atom. The fraction of sp³-hybridized carbons (Fsp3) is 0.125. The molecule has 0 radical (unpaired) electrons. The minimum Gasteiger partial charge on any atom is -0.409 e. The van der Waals surface area contributed by atoms with E-state index in [-0.39, 0.29) is 5.75 Å². The molecule has 88 valence electrons. The number of amides is 1. The first-order valence-electron chi connectivity index (χ1n) is 3.98. The van der Waals surface area contributed by atoms with Crippen LogP contribution in [0.25, 0.3) is 0 Å². The Labute approximate surface area is 102 Å². The molecule has 0 aromatic heterocycles. The van der Waals surface area contributed by atoms with Gasteiger partial charge in [0.05, 0.1) is 0 Å². The van der Waals surface area contributed by atoms with Crippen LogP contribution in [0.5, 0.6) is 5.75 Å². The van der Waals surface area contributed by atoms with Gasteiger partial charge in [0.15, 0.2) is 0 Å². The molecule has 8 heteroatoms. The second kappa shape index (κ2) is 4.90. The number of hydrogen-bond donors (Lipinski definition) is 1. The SMILES string of the molecule is Cc1ccc(Cl)cc1OC(=O)NS(=O)(=O)Cl. The zero-order chi connectivity index (χ0) is 12.3. The highest BCUT2D eigenvalue weighted by Crippen LogP contribution is 2.22. The molecule has 5 nitrogen and oxygen atoms in total. The second-order valence-electron chi connectivity index (χ2n) is 2.84. The van der Waals surface area contributed by atoms with Gasteiger partial charge in [0.2, 0.25) is 0 Å². The number of ether oxygens (including phenoxy) is 1. The Bertz CT molecular complexity index is 515. The smallest absolute Gasteiger partial charge is 0.409 e. The van der Waals surface area contributed by atoms with Gasteiger partial charge >= 0.3 is 15.3 Å². The molecule has 0 aliphatic heterocycles. The largest absolute Gasteiger partial charge is 0.427 e. The summed E-state index contributed by atoms with van der Waals surface area (Å²) in [5.41, 5.74) is 0.631. The highest BCUT2D eigenvalue weighted by atomic mass is 35.7. The lowest BCUT2D eigenvalue weighted by Crippen LogP contribution is -2.29. The van der Waals surface area contributed by atoms with Gasteiger partial charge in [-0.15, -0.1) is 0 Å². The van der Waals surface area contributed by atoms with Crippen LogP contribution in [-0.2, 0) is 9.24 Å². The highest BCUT2D eigenvalue weighted by molar-refractivity contribution is 8.12. The summed E-state index contributed by atoms with van der Waals surface area (Å²) in [5, 5.41) is 0.363. The van der Waals surface area contributed by atoms with Crippen molar-refractivity contribution in [1.29, 1.82) is 0 Å². The molecule has 0 aliphatic rings. The maximum Gasteiger partial charge on any atom is 0.427 e. The summed E-state index contributed by atoms with van der Waals surface area (Å²) in [7, 11) is 0.648. The molecule has 0 saturated heterocycles. The molecule has 1 N–H and O–H groups in total. The highest BCUT2D eigenvalue weighted by Gasteiger charge is 2.13. The van der Waals surface area contributed by atoms with E-state index in [0.29, 0.717) is 10.6 Å². The number of nitrogens with one attached hydrogen (secondary N) is 1. The standard InChI is InChI=1S/C8H7Cl2NO4S/c1-5-2-3-6(9)4-7(5)15-8(12)11-16(10,13)14/h2-4H,1H3,(H,11,12). The Balaban J connectivity index is 2.81. The van der Waals surface area contributed by atoms with Crippen molar-refractivity contribution in [3.05, 3.63) is 28.8 Å². The van der Waals surface area contributed by atoms with E-state index in [9.17, 15) is 13.2 Å². The van der Waals surface area contributed by atoms with Crippen LogP contribution in [0.2, 0.25) is 5.02 Å². The van der Waals surface area contributed by atoms with E-state index in [1.807, 2.05) is 0 Å². The summed E-state index contributed by atoms with van der Waals surface area (Å²) >= 11 is 5.68. The van der Waals surface area contributed by atoms with Crippen molar-refractivity contribution < 1.29 is 17.9 Å². The molecule has 0 saturated carbocycles. The third-order valence-electron chi connectivity index (χ3n) is 1.56. The van der Waals surface area contributed by atoms with Crippen LogP contribution in [0, 0.1) is 6.92 Å². The molecule has 1 amide bonds. The Morgan fingerprint density at radius 1 is 1.44 bits per heavy atom. The lowest BCUT2D eigenvalue weighted by atomic mass is 10.2. The van der Waals surface area contributed by atoms with Crippen molar-refractivity contribution in [2.45, 2.75) is 6.92 Å². The number of carbonyl (C=O) groups excluding carboxylic acids is 1. The maximum absolute atomic E-state index is 11.1. The summed E-state index contributed by atoms with van der Waals surface area (Å²) < 4.78 is 27.2. The molecule has 0 fully saturated rings. The molecular weight excluding hydrogens is 277 g/mol. The van der Waals surface area contributed by atoms with E-state index in [0.717, 1.165) is 0 Å². The van der Waals surface area contributed by atoms with E-state index in [2.05, 4.69) is 0 Å². The van der Waals surface area contributed by atoms with E-state index < -0.39 is 15.3 Å². The van der Waals surface area contributed by atoms with E-state index in [1.165, 1.54) is 10.8 Å². The Kier molecular flexibility index (Phi) is 4.01. The minimum absolute atomic E-state index is 0.158. The van der Waals surface area contributed by atoms with Gasteiger partial charge in [-0.05, 0) is 24.6 Å². The maximum atomic E-state index is 11.1. The number of halogens is 2. The van der Waals surface area contributed by atoms with Crippen molar-refractivity contribution in [2.24, 2.45) is 0 Å². The van der Waals surface area contributed by atoms with Crippen molar-refractivity contribution in [3.63, 3.8) is 0 Å². The van der Waals surface area contributed by atoms with Crippen molar-refractivity contribution >= 4 is 37.6 Å². The minimum atomic E-state index is -4.15. The molecule has 0 aliphatic carbocycles. The first-order chi connectivity index (χ1) is 7.28. The van der Waals surface area contributed by atoms with Gasteiger partial charge in [-0.3, -0.25) is 0 Å². The van der Waals surface area contributed by atoms with Crippen LogP contribution in [0.4, 0.5) is 4.79 Å². The summed E-state index contributed by atoms with van der Waals surface area (Å²) in [6.07, 6.45) is -1.19. The molecule has 16 heavy (non-hydrogen) atoms. The summed E-state index contributed by atoms with van der Waals surface area (Å²) in [6.45, 7) is 1.67. The normalized spacial score (nSPS) is 10.9. The first-order valence-corrected chi connectivity index (χ1v) is 6.67. The third kappa shape index (κ3) is 4.26. The first kappa shape index (κ1) is 13.1. The Hall–Kier alpha value is -0.980. The van der Waals surface area contributed by atoms with Crippen LogP contribution in [0.1, 0.15) is 5.56 Å².